The molecule has 0 fully saturated rings. The van der Waals surface area contributed by atoms with Crippen molar-refractivity contribution in [3.63, 3.8) is 0 Å². The number of ether oxygens (including phenoxy) is 1. The number of hydrogen-bond acceptors (Lipinski definition) is 4. The van der Waals surface area contributed by atoms with Gasteiger partial charge in [0, 0.05) is 0 Å². The first-order valence-corrected chi connectivity index (χ1v) is 10.1. The fraction of sp³-hybridized carbons (Fsp3) is 0.348. The zero-order valence-electron chi connectivity index (χ0n) is 17.6. The van der Waals surface area contributed by atoms with E-state index in [1.807, 2.05) is 79.9 Å². The third kappa shape index (κ3) is 4.30. The van der Waals surface area contributed by atoms with E-state index in [-0.39, 0.29) is 25.0 Å². The number of aromatic nitrogens is 2. The second-order valence-corrected chi connectivity index (χ2v) is 7.60. The van der Waals surface area contributed by atoms with Crippen LogP contribution < -0.4 is 15.8 Å². The van der Waals surface area contributed by atoms with Crippen LogP contribution in [0.3, 0.4) is 0 Å². The molecule has 0 bridgehead atoms. The number of carbonyl (C=O) groups excluding carboxylic acids is 2. The molecule has 0 spiro atoms. The minimum absolute atomic E-state index is 0.00967. The van der Waals surface area contributed by atoms with Gasteiger partial charge in [0.15, 0.2) is 0 Å². The average Bonchev–Trinajstić information content (AvgIpc) is 3.08. The number of nitrogens with one attached hydrogen (secondary N) is 1. The third-order valence-electron chi connectivity index (χ3n) is 5.49. The van der Waals surface area contributed by atoms with Crippen molar-refractivity contribution >= 4 is 22.8 Å². The summed E-state index contributed by atoms with van der Waals surface area (Å²) in [4.78, 5) is 29.7. The van der Waals surface area contributed by atoms with Crippen molar-refractivity contribution in [1.29, 1.82) is 0 Å². The molecule has 1 unspecified atom stereocenters. The number of hydrogen-bond donors (Lipinski definition) is 2. The molecule has 30 heavy (non-hydrogen) atoms. The fourth-order valence-electron chi connectivity index (χ4n) is 3.67. The summed E-state index contributed by atoms with van der Waals surface area (Å²) in [6.45, 7) is 5.82. The van der Waals surface area contributed by atoms with E-state index in [2.05, 4.69) is 10.3 Å². The Morgan fingerprint density at radius 3 is 2.43 bits per heavy atom. The van der Waals surface area contributed by atoms with Gasteiger partial charge in [-0.2, -0.15) is 0 Å². The van der Waals surface area contributed by atoms with Crippen molar-refractivity contribution in [2.75, 3.05) is 0 Å². The van der Waals surface area contributed by atoms with Gasteiger partial charge in [0.2, 0.25) is 11.8 Å². The molecule has 0 aliphatic rings. The lowest BCUT2D eigenvalue weighted by Crippen LogP contribution is -2.61. The minimum Gasteiger partial charge on any atom is -0.486 e. The number of benzene rings is 2. The van der Waals surface area contributed by atoms with E-state index in [0.717, 1.165) is 16.8 Å². The SMILES string of the molecule is CCC(NC(=O)Cn1c(COc2ccccc2)nc2ccccc21)(C(N)=O)C(C)C. The van der Waals surface area contributed by atoms with E-state index >= 15 is 0 Å². The molecule has 2 amide bonds. The number of fused-ring (bicyclic) bond motifs is 1. The molecular weight excluding hydrogens is 380 g/mol. The van der Waals surface area contributed by atoms with Gasteiger partial charge in [-0.3, -0.25) is 9.59 Å². The van der Waals surface area contributed by atoms with E-state index < -0.39 is 11.4 Å². The lowest BCUT2D eigenvalue weighted by atomic mass is 9.83. The maximum absolute atomic E-state index is 13.0. The first-order valence-electron chi connectivity index (χ1n) is 10.1. The second kappa shape index (κ2) is 8.98. The van der Waals surface area contributed by atoms with E-state index in [9.17, 15) is 9.59 Å². The van der Waals surface area contributed by atoms with Gasteiger partial charge in [0.1, 0.15) is 30.3 Å². The molecule has 7 heteroatoms. The maximum Gasteiger partial charge on any atom is 0.243 e. The molecule has 3 N–H and O–H groups in total. The molecule has 7 nitrogen and oxygen atoms in total. The lowest BCUT2D eigenvalue weighted by molar-refractivity contribution is -0.134. The molecule has 1 heterocycles. The Bertz CT molecular complexity index is 1030. The Hall–Kier alpha value is -3.35. The zero-order chi connectivity index (χ0) is 21.7. The summed E-state index contributed by atoms with van der Waals surface area (Å²) in [5.74, 6) is 0.384. The number of primary amides is 1. The summed E-state index contributed by atoms with van der Waals surface area (Å²) in [5.41, 5.74) is 6.15. The van der Waals surface area contributed by atoms with Crippen LogP contribution in [0.25, 0.3) is 11.0 Å². The maximum atomic E-state index is 13.0. The van der Waals surface area contributed by atoms with Gasteiger partial charge in [-0.1, -0.05) is 51.1 Å². The van der Waals surface area contributed by atoms with Crippen LogP contribution >= 0.6 is 0 Å². The normalized spacial score (nSPS) is 13.2. The summed E-state index contributed by atoms with van der Waals surface area (Å²) in [5, 5.41) is 2.88. The van der Waals surface area contributed by atoms with Crippen LogP contribution in [0.5, 0.6) is 5.75 Å². The second-order valence-electron chi connectivity index (χ2n) is 7.60. The fourth-order valence-corrected chi connectivity index (χ4v) is 3.67. The smallest absolute Gasteiger partial charge is 0.243 e. The molecule has 0 aliphatic carbocycles. The number of amides is 2. The van der Waals surface area contributed by atoms with E-state index in [4.69, 9.17) is 10.5 Å². The van der Waals surface area contributed by atoms with E-state index in [0.29, 0.717) is 12.2 Å². The van der Waals surface area contributed by atoms with Crippen LogP contribution in [0.4, 0.5) is 0 Å². The molecule has 0 saturated carbocycles. The summed E-state index contributed by atoms with van der Waals surface area (Å²) >= 11 is 0. The highest BCUT2D eigenvalue weighted by atomic mass is 16.5. The molecule has 0 aliphatic heterocycles. The van der Waals surface area contributed by atoms with Gasteiger partial charge in [0.25, 0.3) is 0 Å². The standard InChI is InChI=1S/C23H28N4O3/c1-4-23(16(2)3,22(24)29)26-21(28)14-27-19-13-9-8-12-18(19)25-20(27)15-30-17-10-6-5-7-11-17/h5-13,16H,4,14-15H2,1-3H3,(H2,24,29)(H,26,28). The number of para-hydroxylation sites is 3. The van der Waals surface area contributed by atoms with Crippen molar-refractivity contribution < 1.29 is 14.3 Å². The molecule has 3 aromatic rings. The van der Waals surface area contributed by atoms with Crippen LogP contribution in [0.15, 0.2) is 54.6 Å². The van der Waals surface area contributed by atoms with Gasteiger partial charge < -0.3 is 20.4 Å². The van der Waals surface area contributed by atoms with Crippen molar-refractivity contribution in [2.45, 2.75) is 45.9 Å². The number of rotatable bonds is 9. The van der Waals surface area contributed by atoms with Gasteiger partial charge in [0.05, 0.1) is 11.0 Å². The van der Waals surface area contributed by atoms with E-state index in [1.165, 1.54) is 0 Å². The van der Waals surface area contributed by atoms with Crippen molar-refractivity contribution in [3.8, 4) is 5.75 Å². The topological polar surface area (TPSA) is 99.2 Å². The van der Waals surface area contributed by atoms with Gasteiger partial charge >= 0.3 is 0 Å². The first-order chi connectivity index (χ1) is 14.4. The molecule has 0 saturated heterocycles. The summed E-state index contributed by atoms with van der Waals surface area (Å²) in [6, 6.07) is 17.0. The Balaban J connectivity index is 1.87. The minimum atomic E-state index is -1.09. The Morgan fingerprint density at radius 2 is 1.80 bits per heavy atom. The molecule has 2 aromatic carbocycles. The number of imidazole rings is 1. The van der Waals surface area contributed by atoms with E-state index in [1.54, 1.807) is 0 Å². The van der Waals surface area contributed by atoms with Crippen molar-refractivity contribution in [3.05, 3.63) is 60.4 Å². The molecular formula is C23H28N4O3. The van der Waals surface area contributed by atoms with Gasteiger partial charge in [-0.25, -0.2) is 4.98 Å². The summed E-state index contributed by atoms with van der Waals surface area (Å²) in [7, 11) is 0. The highest BCUT2D eigenvalue weighted by molar-refractivity contribution is 5.91. The van der Waals surface area contributed by atoms with Gasteiger partial charge in [-0.05, 0) is 36.6 Å². The highest BCUT2D eigenvalue weighted by Gasteiger charge is 2.39. The first kappa shape index (κ1) is 21.4. The quantitative estimate of drug-likeness (QED) is 0.568. The Labute approximate surface area is 176 Å². The third-order valence-corrected chi connectivity index (χ3v) is 5.49. The summed E-state index contributed by atoms with van der Waals surface area (Å²) in [6.07, 6.45) is 0.417. The average molecular weight is 409 g/mol. The largest absolute Gasteiger partial charge is 0.486 e. The molecule has 1 aromatic heterocycles. The monoisotopic (exact) mass is 408 g/mol. The molecule has 158 valence electrons. The predicted octanol–water partition coefficient (Wildman–Crippen LogP) is 3.02. The van der Waals surface area contributed by atoms with Crippen LogP contribution in [-0.4, -0.2) is 26.9 Å². The molecule has 3 rings (SSSR count). The molecule has 0 radical (unpaired) electrons. The van der Waals surface area contributed by atoms with Crippen LogP contribution in [0.2, 0.25) is 0 Å². The number of nitrogens with zero attached hydrogens (tertiary/aromatic N) is 2. The number of carbonyl (C=O) groups is 2. The van der Waals surface area contributed by atoms with Crippen molar-refractivity contribution in [1.82, 2.24) is 14.9 Å². The molecule has 1 atom stereocenters. The zero-order valence-corrected chi connectivity index (χ0v) is 17.6. The lowest BCUT2D eigenvalue weighted by Gasteiger charge is -2.34. The van der Waals surface area contributed by atoms with Crippen LogP contribution in [0, 0.1) is 5.92 Å². The highest BCUT2D eigenvalue weighted by Crippen LogP contribution is 2.22. The number of nitrogens with two attached hydrogens (primary N) is 1. The summed E-state index contributed by atoms with van der Waals surface area (Å²) < 4.78 is 7.67. The van der Waals surface area contributed by atoms with Crippen molar-refractivity contribution in [2.24, 2.45) is 11.7 Å². The van der Waals surface area contributed by atoms with Crippen LogP contribution in [-0.2, 0) is 22.7 Å². The Morgan fingerprint density at radius 1 is 1.13 bits per heavy atom. The van der Waals surface area contributed by atoms with Crippen LogP contribution in [0.1, 0.15) is 33.0 Å². The van der Waals surface area contributed by atoms with Gasteiger partial charge in [-0.15, -0.1) is 0 Å². The predicted molar refractivity (Wildman–Crippen MR) is 116 cm³/mol. The Kier molecular flexibility index (Phi) is 6.40.